The van der Waals surface area contributed by atoms with Crippen LogP contribution in [0.3, 0.4) is 0 Å². The molecule has 0 saturated heterocycles. The van der Waals surface area contributed by atoms with E-state index < -0.39 is 0 Å². The minimum Gasteiger partial charge on any atom is -0.483 e. The highest BCUT2D eigenvalue weighted by molar-refractivity contribution is 5.41. The van der Waals surface area contributed by atoms with Gasteiger partial charge in [-0.2, -0.15) is 0 Å². The molecule has 0 saturated carbocycles. The summed E-state index contributed by atoms with van der Waals surface area (Å²) in [5.74, 6) is 1.98. The van der Waals surface area contributed by atoms with E-state index in [9.17, 15) is 0 Å². The van der Waals surface area contributed by atoms with Gasteiger partial charge in [0.15, 0.2) is 11.5 Å². The Morgan fingerprint density at radius 3 is 3.00 bits per heavy atom. The summed E-state index contributed by atoms with van der Waals surface area (Å²) in [5, 5.41) is 0. The molecule has 0 aliphatic carbocycles. The number of furan rings is 1. The van der Waals surface area contributed by atoms with E-state index in [1.807, 2.05) is 0 Å². The maximum Gasteiger partial charge on any atom is 0.204 e. The Kier molecular flexibility index (Phi) is 1.47. The largest absolute Gasteiger partial charge is 0.483 e. The number of rotatable bonds is 1. The van der Waals surface area contributed by atoms with Crippen molar-refractivity contribution in [1.29, 1.82) is 0 Å². The van der Waals surface area contributed by atoms with Crippen molar-refractivity contribution in [2.75, 3.05) is 13.2 Å². The van der Waals surface area contributed by atoms with Gasteiger partial charge in [-0.3, -0.25) is 0 Å². The lowest BCUT2D eigenvalue weighted by Crippen LogP contribution is -2.15. The third-order valence-electron chi connectivity index (χ3n) is 1.56. The van der Waals surface area contributed by atoms with Crippen molar-refractivity contribution in [1.82, 2.24) is 0 Å². The second-order valence-electron chi connectivity index (χ2n) is 2.25. The number of fused-ring (bicyclic) bond motifs is 1. The van der Waals surface area contributed by atoms with Gasteiger partial charge >= 0.3 is 0 Å². The molecule has 1 aliphatic rings. The molecule has 1 aliphatic heterocycles. The first-order valence-corrected chi connectivity index (χ1v) is 3.48. The van der Waals surface area contributed by atoms with Crippen molar-refractivity contribution < 1.29 is 13.9 Å². The number of nitrogens with two attached hydrogens (primary N) is 1. The third kappa shape index (κ3) is 0.952. The molecule has 2 N–H and O–H groups in total. The normalized spacial score (nSPS) is 15.0. The summed E-state index contributed by atoms with van der Waals surface area (Å²) in [6, 6.07) is 0. The lowest BCUT2D eigenvalue weighted by Gasteiger charge is -2.13. The molecule has 2 heterocycles. The van der Waals surface area contributed by atoms with Crippen molar-refractivity contribution in [2.45, 2.75) is 6.54 Å². The third-order valence-corrected chi connectivity index (χ3v) is 1.56. The van der Waals surface area contributed by atoms with Crippen LogP contribution in [0.2, 0.25) is 0 Å². The SMILES string of the molecule is NCc1occ2c1OCCO2. The second-order valence-corrected chi connectivity index (χ2v) is 2.25. The summed E-state index contributed by atoms with van der Waals surface area (Å²) in [6.07, 6.45) is 1.52. The van der Waals surface area contributed by atoms with Crippen LogP contribution in [0.25, 0.3) is 0 Å². The molecule has 1 aromatic rings. The molecule has 60 valence electrons. The van der Waals surface area contributed by atoms with Crippen LogP contribution in [0.15, 0.2) is 10.7 Å². The summed E-state index contributed by atoms with van der Waals surface area (Å²) in [6.45, 7) is 1.49. The van der Waals surface area contributed by atoms with E-state index in [1.165, 1.54) is 6.26 Å². The Hall–Kier alpha value is -1.16. The van der Waals surface area contributed by atoms with Crippen LogP contribution in [0.4, 0.5) is 0 Å². The Labute approximate surface area is 63.9 Å². The molecule has 0 amide bonds. The highest BCUT2D eigenvalue weighted by Gasteiger charge is 2.18. The fourth-order valence-electron chi connectivity index (χ4n) is 1.06. The van der Waals surface area contributed by atoms with Gasteiger partial charge in [-0.05, 0) is 0 Å². The molecule has 4 heteroatoms. The van der Waals surface area contributed by atoms with Crippen LogP contribution in [0, 0.1) is 0 Å². The molecule has 0 bridgehead atoms. The summed E-state index contributed by atoms with van der Waals surface area (Å²) < 4.78 is 15.6. The highest BCUT2D eigenvalue weighted by Crippen LogP contribution is 2.35. The van der Waals surface area contributed by atoms with Gasteiger partial charge in [0.1, 0.15) is 19.5 Å². The fourth-order valence-corrected chi connectivity index (χ4v) is 1.06. The Morgan fingerprint density at radius 2 is 2.18 bits per heavy atom. The standard InChI is InChI=1S/C7H9NO3/c8-3-5-7-6(4-11-5)9-1-2-10-7/h4H,1-3,8H2. The molecular formula is C7H9NO3. The smallest absolute Gasteiger partial charge is 0.204 e. The molecule has 0 fully saturated rings. The van der Waals surface area contributed by atoms with E-state index in [4.69, 9.17) is 19.6 Å². The molecule has 0 aromatic carbocycles. The fraction of sp³-hybridized carbons (Fsp3) is 0.429. The molecule has 4 nitrogen and oxygen atoms in total. The summed E-state index contributed by atoms with van der Waals surface area (Å²) in [4.78, 5) is 0. The number of hydrogen-bond donors (Lipinski definition) is 1. The first-order chi connectivity index (χ1) is 5.42. The molecule has 0 spiro atoms. The van der Waals surface area contributed by atoms with Gasteiger partial charge in [-0.1, -0.05) is 0 Å². The first kappa shape index (κ1) is 6.54. The van der Waals surface area contributed by atoms with E-state index in [-0.39, 0.29) is 0 Å². The van der Waals surface area contributed by atoms with Crippen molar-refractivity contribution in [3.8, 4) is 11.5 Å². The molecular weight excluding hydrogens is 146 g/mol. The monoisotopic (exact) mass is 155 g/mol. The minimum atomic E-state index is 0.346. The van der Waals surface area contributed by atoms with Crippen LogP contribution >= 0.6 is 0 Å². The van der Waals surface area contributed by atoms with Crippen LogP contribution in [0.1, 0.15) is 5.76 Å². The molecule has 0 unspecified atom stereocenters. The zero-order valence-electron chi connectivity index (χ0n) is 6.00. The van der Waals surface area contributed by atoms with Gasteiger partial charge in [0.2, 0.25) is 5.75 Å². The van der Waals surface area contributed by atoms with Crippen LogP contribution in [-0.4, -0.2) is 13.2 Å². The molecule has 2 rings (SSSR count). The zero-order valence-corrected chi connectivity index (χ0v) is 6.00. The Balaban J connectivity index is 2.38. The maximum atomic E-state index is 5.39. The van der Waals surface area contributed by atoms with Crippen LogP contribution in [0.5, 0.6) is 11.5 Å². The summed E-state index contributed by atoms with van der Waals surface area (Å²) >= 11 is 0. The predicted octanol–water partition coefficient (Wildman–Crippen LogP) is 0.509. The second kappa shape index (κ2) is 2.47. The molecule has 11 heavy (non-hydrogen) atoms. The highest BCUT2D eigenvalue weighted by atomic mass is 16.6. The van der Waals surface area contributed by atoms with Gasteiger partial charge in [-0.25, -0.2) is 0 Å². The van der Waals surface area contributed by atoms with Gasteiger partial charge in [0.05, 0.1) is 6.54 Å². The quantitative estimate of drug-likeness (QED) is 0.642. The van der Waals surface area contributed by atoms with E-state index in [0.717, 1.165) is 0 Å². The van der Waals surface area contributed by atoms with E-state index >= 15 is 0 Å². The van der Waals surface area contributed by atoms with Gasteiger partial charge in [0, 0.05) is 0 Å². The summed E-state index contributed by atoms with van der Waals surface area (Å²) in [7, 11) is 0. The van der Waals surface area contributed by atoms with Crippen LogP contribution < -0.4 is 15.2 Å². The molecule has 0 radical (unpaired) electrons. The lowest BCUT2D eigenvalue weighted by molar-refractivity contribution is 0.172. The van der Waals surface area contributed by atoms with Crippen molar-refractivity contribution in [3.05, 3.63) is 12.0 Å². The molecule has 1 aromatic heterocycles. The number of hydrogen-bond acceptors (Lipinski definition) is 4. The van der Waals surface area contributed by atoms with Gasteiger partial charge in [0.25, 0.3) is 0 Å². The van der Waals surface area contributed by atoms with Crippen LogP contribution in [-0.2, 0) is 6.54 Å². The average Bonchev–Trinajstić information content (AvgIpc) is 2.47. The zero-order chi connectivity index (χ0) is 7.68. The van der Waals surface area contributed by atoms with Crippen molar-refractivity contribution >= 4 is 0 Å². The number of ether oxygens (including phenoxy) is 2. The van der Waals surface area contributed by atoms with E-state index in [1.54, 1.807) is 0 Å². The topological polar surface area (TPSA) is 57.6 Å². The average molecular weight is 155 g/mol. The van der Waals surface area contributed by atoms with Gasteiger partial charge in [-0.15, -0.1) is 0 Å². The minimum absolute atomic E-state index is 0.346. The lowest BCUT2D eigenvalue weighted by atomic mass is 10.4. The maximum absolute atomic E-state index is 5.39. The Morgan fingerprint density at radius 1 is 1.36 bits per heavy atom. The molecule has 0 atom stereocenters. The van der Waals surface area contributed by atoms with E-state index in [2.05, 4.69) is 0 Å². The van der Waals surface area contributed by atoms with Gasteiger partial charge < -0.3 is 19.6 Å². The van der Waals surface area contributed by atoms with E-state index in [0.29, 0.717) is 37.0 Å². The first-order valence-electron chi connectivity index (χ1n) is 3.48. The summed E-state index contributed by atoms with van der Waals surface area (Å²) in [5.41, 5.74) is 5.39. The van der Waals surface area contributed by atoms with Crippen molar-refractivity contribution in [3.63, 3.8) is 0 Å². The van der Waals surface area contributed by atoms with Crippen molar-refractivity contribution in [2.24, 2.45) is 5.73 Å². The predicted molar refractivity (Wildman–Crippen MR) is 37.6 cm³/mol. The Bertz CT molecular complexity index is 243.